The molecule has 60 valence electrons. The van der Waals surface area contributed by atoms with E-state index >= 15 is 0 Å². The second-order valence-electron chi connectivity index (χ2n) is 1.92. The quantitative estimate of drug-likeness (QED) is 0.658. The van der Waals surface area contributed by atoms with Crippen molar-refractivity contribution in [1.82, 2.24) is 4.98 Å². The van der Waals surface area contributed by atoms with Gasteiger partial charge < -0.3 is 4.74 Å². The Bertz CT molecular complexity index is 240. The van der Waals surface area contributed by atoms with Crippen LogP contribution in [0.2, 0.25) is 0 Å². The first-order valence-electron chi connectivity index (χ1n) is 3.01. The average molecular weight is 159 g/mol. The molecule has 2 nitrogen and oxygen atoms in total. The highest BCUT2D eigenvalue weighted by atomic mass is 19.3. The van der Waals surface area contributed by atoms with Crippen molar-refractivity contribution in [3.05, 3.63) is 24.0 Å². The standard InChI is InChI=1S/C7H7F2NO/c1-11-6-2-3-10-4-5(6)7(8)9/h2-4,7H,1H3. The van der Waals surface area contributed by atoms with Crippen molar-refractivity contribution in [3.63, 3.8) is 0 Å². The van der Waals surface area contributed by atoms with Crippen molar-refractivity contribution in [3.8, 4) is 5.75 Å². The summed E-state index contributed by atoms with van der Waals surface area (Å²) in [5, 5.41) is 0. The molecule has 0 fully saturated rings. The Morgan fingerprint density at radius 3 is 2.73 bits per heavy atom. The molecule has 0 aliphatic carbocycles. The fourth-order valence-electron chi connectivity index (χ4n) is 0.744. The van der Waals surface area contributed by atoms with Crippen LogP contribution in [0.5, 0.6) is 5.75 Å². The molecule has 0 bridgehead atoms. The fourth-order valence-corrected chi connectivity index (χ4v) is 0.744. The summed E-state index contributed by atoms with van der Waals surface area (Å²) in [4.78, 5) is 3.55. The topological polar surface area (TPSA) is 22.1 Å². The van der Waals surface area contributed by atoms with Crippen LogP contribution in [0.15, 0.2) is 18.5 Å². The fraction of sp³-hybridized carbons (Fsp3) is 0.286. The Hall–Kier alpha value is -1.19. The van der Waals surface area contributed by atoms with Crippen molar-refractivity contribution in [2.75, 3.05) is 7.11 Å². The molecular weight excluding hydrogens is 152 g/mol. The zero-order chi connectivity index (χ0) is 8.27. The molecule has 4 heteroatoms. The number of pyridine rings is 1. The van der Waals surface area contributed by atoms with Crippen molar-refractivity contribution < 1.29 is 13.5 Å². The van der Waals surface area contributed by atoms with Crippen LogP contribution in [0.1, 0.15) is 12.0 Å². The Kier molecular flexibility index (Phi) is 2.36. The van der Waals surface area contributed by atoms with Crippen LogP contribution < -0.4 is 4.74 Å². The van der Waals surface area contributed by atoms with Crippen LogP contribution in [-0.2, 0) is 0 Å². The smallest absolute Gasteiger partial charge is 0.268 e. The number of alkyl halides is 2. The minimum atomic E-state index is -2.53. The van der Waals surface area contributed by atoms with Gasteiger partial charge in [-0.15, -0.1) is 0 Å². The average Bonchev–Trinajstić information content (AvgIpc) is 2.04. The van der Waals surface area contributed by atoms with Gasteiger partial charge in [-0.25, -0.2) is 8.78 Å². The van der Waals surface area contributed by atoms with E-state index in [0.29, 0.717) is 0 Å². The van der Waals surface area contributed by atoms with Gasteiger partial charge in [0.25, 0.3) is 6.43 Å². The third-order valence-corrected chi connectivity index (χ3v) is 1.27. The molecule has 0 atom stereocenters. The van der Waals surface area contributed by atoms with Gasteiger partial charge in [0.2, 0.25) is 0 Å². The molecule has 1 rings (SSSR count). The first-order valence-corrected chi connectivity index (χ1v) is 3.01. The number of ether oxygens (including phenoxy) is 1. The van der Waals surface area contributed by atoms with Gasteiger partial charge in [-0.1, -0.05) is 0 Å². The first-order chi connectivity index (χ1) is 5.25. The molecule has 0 aliphatic heterocycles. The van der Waals surface area contributed by atoms with Crippen LogP contribution in [0.3, 0.4) is 0 Å². The van der Waals surface area contributed by atoms with Gasteiger partial charge in [0.15, 0.2) is 0 Å². The van der Waals surface area contributed by atoms with Gasteiger partial charge in [0.1, 0.15) is 5.75 Å². The van der Waals surface area contributed by atoms with Gasteiger partial charge >= 0.3 is 0 Å². The monoisotopic (exact) mass is 159 g/mol. The van der Waals surface area contributed by atoms with Crippen LogP contribution in [0, 0.1) is 0 Å². The predicted molar refractivity (Wildman–Crippen MR) is 35.7 cm³/mol. The van der Waals surface area contributed by atoms with Crippen LogP contribution >= 0.6 is 0 Å². The second-order valence-corrected chi connectivity index (χ2v) is 1.92. The lowest BCUT2D eigenvalue weighted by Gasteiger charge is -2.04. The lowest BCUT2D eigenvalue weighted by atomic mass is 10.3. The molecule has 1 heterocycles. The molecule has 0 radical (unpaired) electrons. The number of rotatable bonds is 2. The van der Waals surface area contributed by atoms with Gasteiger partial charge in [-0.05, 0) is 6.07 Å². The van der Waals surface area contributed by atoms with Crippen molar-refractivity contribution >= 4 is 0 Å². The van der Waals surface area contributed by atoms with E-state index in [9.17, 15) is 8.78 Å². The van der Waals surface area contributed by atoms with E-state index in [-0.39, 0.29) is 11.3 Å². The summed E-state index contributed by atoms with van der Waals surface area (Å²) in [6.45, 7) is 0. The maximum atomic E-state index is 12.1. The minimum absolute atomic E-state index is 0.171. The largest absolute Gasteiger partial charge is 0.496 e. The van der Waals surface area contributed by atoms with E-state index in [2.05, 4.69) is 9.72 Å². The highest BCUT2D eigenvalue weighted by Crippen LogP contribution is 2.26. The van der Waals surface area contributed by atoms with Gasteiger partial charge in [-0.2, -0.15) is 0 Å². The molecule has 1 aromatic rings. The van der Waals surface area contributed by atoms with Crippen molar-refractivity contribution in [2.45, 2.75) is 6.43 Å². The summed E-state index contributed by atoms with van der Waals surface area (Å²) in [6, 6.07) is 1.40. The Balaban J connectivity index is 3.02. The number of halogens is 2. The van der Waals surface area contributed by atoms with Gasteiger partial charge in [0.05, 0.1) is 12.7 Å². The van der Waals surface area contributed by atoms with Crippen molar-refractivity contribution in [2.24, 2.45) is 0 Å². The molecule has 0 unspecified atom stereocenters. The molecule has 0 N–H and O–H groups in total. The lowest BCUT2D eigenvalue weighted by molar-refractivity contribution is 0.146. The third kappa shape index (κ3) is 1.63. The summed E-state index contributed by atoms with van der Waals surface area (Å²) < 4.78 is 28.9. The summed E-state index contributed by atoms with van der Waals surface area (Å²) in [7, 11) is 1.35. The van der Waals surface area contributed by atoms with Crippen LogP contribution in [0.4, 0.5) is 8.78 Å². The molecule has 0 saturated heterocycles. The maximum absolute atomic E-state index is 12.1. The number of hydrogen-bond donors (Lipinski definition) is 0. The van der Waals surface area contributed by atoms with Gasteiger partial charge in [-0.3, -0.25) is 4.98 Å². The SMILES string of the molecule is COc1ccncc1C(F)F. The van der Waals surface area contributed by atoms with Crippen LogP contribution in [0.25, 0.3) is 0 Å². The predicted octanol–water partition coefficient (Wildman–Crippen LogP) is 2.03. The molecule has 0 spiro atoms. The number of hydrogen-bond acceptors (Lipinski definition) is 2. The zero-order valence-electron chi connectivity index (χ0n) is 5.92. The molecular formula is C7H7F2NO. The molecule has 1 aromatic heterocycles. The summed E-state index contributed by atoms with van der Waals surface area (Å²) >= 11 is 0. The Morgan fingerprint density at radius 1 is 1.55 bits per heavy atom. The third-order valence-electron chi connectivity index (χ3n) is 1.27. The summed E-state index contributed by atoms with van der Waals surface area (Å²) in [5.41, 5.74) is -0.171. The van der Waals surface area contributed by atoms with E-state index in [0.717, 1.165) is 6.20 Å². The highest BCUT2D eigenvalue weighted by molar-refractivity contribution is 5.30. The van der Waals surface area contributed by atoms with Gasteiger partial charge in [0, 0.05) is 12.4 Å². The van der Waals surface area contributed by atoms with Crippen molar-refractivity contribution in [1.29, 1.82) is 0 Å². The highest BCUT2D eigenvalue weighted by Gasteiger charge is 2.12. The Labute approximate surface area is 62.8 Å². The first kappa shape index (κ1) is 7.91. The van der Waals surface area contributed by atoms with E-state index in [1.165, 1.54) is 19.4 Å². The maximum Gasteiger partial charge on any atom is 0.268 e. The number of nitrogens with zero attached hydrogens (tertiary/aromatic N) is 1. The minimum Gasteiger partial charge on any atom is -0.496 e. The normalized spacial score (nSPS) is 10.2. The van der Waals surface area contributed by atoms with Crippen LogP contribution in [-0.4, -0.2) is 12.1 Å². The number of methoxy groups -OCH3 is 1. The summed E-state index contributed by atoms with van der Waals surface area (Å²) in [5.74, 6) is 0.176. The van der Waals surface area contributed by atoms with E-state index in [1.54, 1.807) is 0 Å². The van der Waals surface area contributed by atoms with E-state index < -0.39 is 6.43 Å². The van der Waals surface area contributed by atoms with E-state index in [4.69, 9.17) is 0 Å². The molecule has 0 amide bonds. The second kappa shape index (κ2) is 3.27. The lowest BCUT2D eigenvalue weighted by Crippen LogP contribution is -1.92. The zero-order valence-corrected chi connectivity index (χ0v) is 5.92. The number of aromatic nitrogens is 1. The Morgan fingerprint density at radius 2 is 2.27 bits per heavy atom. The molecule has 11 heavy (non-hydrogen) atoms. The van der Waals surface area contributed by atoms with E-state index in [1.807, 2.05) is 0 Å². The summed E-state index contributed by atoms with van der Waals surface area (Å²) in [6.07, 6.45) is -0.0209. The molecule has 0 saturated carbocycles. The molecule has 0 aromatic carbocycles. The molecule has 0 aliphatic rings.